The predicted molar refractivity (Wildman–Crippen MR) is 51.1 cm³/mol. The van der Waals surface area contributed by atoms with Gasteiger partial charge in [-0.2, -0.15) is 0 Å². The topological polar surface area (TPSA) is 83.8 Å². The Labute approximate surface area is 85.9 Å². The first-order valence-electron chi connectivity index (χ1n) is 4.30. The van der Waals surface area contributed by atoms with Gasteiger partial charge < -0.3 is 14.9 Å². The van der Waals surface area contributed by atoms with Crippen molar-refractivity contribution in [3.63, 3.8) is 0 Å². The van der Waals surface area contributed by atoms with Crippen molar-refractivity contribution in [2.24, 2.45) is 0 Å². The number of hydrogen-bond acceptors (Lipinski definition) is 3. The van der Waals surface area contributed by atoms with Gasteiger partial charge in [0, 0.05) is 0 Å². The van der Waals surface area contributed by atoms with Crippen molar-refractivity contribution in [1.82, 2.24) is 0 Å². The summed E-state index contributed by atoms with van der Waals surface area (Å²) in [5.41, 5.74) is 1.13. The molecule has 2 N–H and O–H groups in total. The zero-order chi connectivity index (χ0) is 11.3. The summed E-state index contributed by atoms with van der Waals surface area (Å²) in [5, 5.41) is 13.9. The Kier molecular flexibility index (Phi) is 3.68. The lowest BCUT2D eigenvalue weighted by Crippen LogP contribution is -2.15. The molecule has 0 bridgehead atoms. The lowest BCUT2D eigenvalue weighted by Gasteiger charge is -2.13. The zero-order valence-electron chi connectivity index (χ0n) is 7.84. The minimum absolute atomic E-state index is 0.122. The lowest BCUT2D eigenvalue weighted by molar-refractivity contribution is -0.135. The van der Waals surface area contributed by atoms with Crippen LogP contribution >= 0.6 is 0 Å². The van der Waals surface area contributed by atoms with Crippen molar-refractivity contribution >= 4 is 12.1 Å². The summed E-state index contributed by atoms with van der Waals surface area (Å²) < 4.78 is 4.99. The number of carbonyl (C=O) groups is 2. The van der Waals surface area contributed by atoms with Crippen LogP contribution < -0.4 is 4.74 Å². The van der Waals surface area contributed by atoms with E-state index >= 15 is 0 Å². The highest BCUT2D eigenvalue weighted by molar-refractivity contribution is 5.75. The molecule has 1 aliphatic heterocycles. The molecular formula is C10H10O5. The Morgan fingerprint density at radius 2 is 1.80 bits per heavy atom. The number of benzene rings is 1. The molecule has 0 amide bonds. The number of carbonyl (C=O) groups excluding carboxylic acids is 1. The summed E-state index contributed by atoms with van der Waals surface area (Å²) in [4.78, 5) is 19.4. The second kappa shape index (κ2) is 4.99. The first-order chi connectivity index (χ1) is 7.09. The summed E-state index contributed by atoms with van der Waals surface area (Å²) in [6.07, 6.45) is -0.508. The maximum absolute atomic E-state index is 10.8. The fourth-order valence-electron chi connectivity index (χ4n) is 1.22. The second-order valence-corrected chi connectivity index (χ2v) is 2.86. The lowest BCUT2D eigenvalue weighted by atomic mass is 10.1. The SMILES string of the molecule is O=C(O)O.O=C1CCc2ccccc2O1. The third-order valence-corrected chi connectivity index (χ3v) is 1.79. The zero-order valence-corrected chi connectivity index (χ0v) is 7.84. The number of para-hydroxylation sites is 1. The van der Waals surface area contributed by atoms with Gasteiger partial charge in [-0.15, -0.1) is 0 Å². The molecule has 1 aromatic rings. The van der Waals surface area contributed by atoms with Crippen LogP contribution in [-0.2, 0) is 11.2 Å². The van der Waals surface area contributed by atoms with Gasteiger partial charge in [0.25, 0.3) is 0 Å². The van der Waals surface area contributed by atoms with E-state index in [0.717, 1.165) is 17.7 Å². The Hall–Kier alpha value is -2.04. The molecule has 0 atom stereocenters. The summed E-state index contributed by atoms with van der Waals surface area (Å²) >= 11 is 0. The maximum atomic E-state index is 10.8. The molecule has 15 heavy (non-hydrogen) atoms. The van der Waals surface area contributed by atoms with Gasteiger partial charge in [-0.1, -0.05) is 18.2 Å². The van der Waals surface area contributed by atoms with Gasteiger partial charge in [-0.3, -0.25) is 4.79 Å². The van der Waals surface area contributed by atoms with Gasteiger partial charge >= 0.3 is 12.1 Å². The molecule has 0 saturated heterocycles. The quantitative estimate of drug-likeness (QED) is 0.503. The number of esters is 1. The molecule has 1 aliphatic rings. The molecule has 0 saturated carbocycles. The summed E-state index contributed by atoms with van der Waals surface area (Å²) in [5.74, 6) is 0.604. The molecule has 1 heterocycles. The minimum Gasteiger partial charge on any atom is -0.450 e. The number of aryl methyl sites for hydroxylation is 1. The van der Waals surface area contributed by atoms with E-state index in [9.17, 15) is 4.79 Å². The van der Waals surface area contributed by atoms with Gasteiger partial charge in [0.2, 0.25) is 0 Å². The number of carboxylic acid groups (broad SMARTS) is 2. The Morgan fingerprint density at radius 3 is 2.47 bits per heavy atom. The van der Waals surface area contributed by atoms with E-state index in [1.165, 1.54) is 0 Å². The highest BCUT2D eigenvalue weighted by Crippen LogP contribution is 2.23. The Balaban J connectivity index is 0.000000245. The molecule has 0 aromatic heterocycles. The van der Waals surface area contributed by atoms with Crippen LogP contribution in [0.2, 0.25) is 0 Å². The van der Waals surface area contributed by atoms with Crippen molar-refractivity contribution in [3.8, 4) is 5.75 Å². The normalized spacial score (nSPS) is 12.9. The van der Waals surface area contributed by atoms with Crippen molar-refractivity contribution in [2.45, 2.75) is 12.8 Å². The van der Waals surface area contributed by atoms with E-state index in [0.29, 0.717) is 6.42 Å². The highest BCUT2D eigenvalue weighted by Gasteiger charge is 2.15. The highest BCUT2D eigenvalue weighted by atomic mass is 16.6. The monoisotopic (exact) mass is 210 g/mol. The van der Waals surface area contributed by atoms with Gasteiger partial charge in [-0.05, 0) is 18.1 Å². The van der Waals surface area contributed by atoms with E-state index < -0.39 is 6.16 Å². The smallest absolute Gasteiger partial charge is 0.450 e. The van der Waals surface area contributed by atoms with E-state index in [4.69, 9.17) is 19.7 Å². The molecule has 0 aliphatic carbocycles. The molecule has 80 valence electrons. The van der Waals surface area contributed by atoms with E-state index in [1.807, 2.05) is 24.3 Å². The number of fused-ring (bicyclic) bond motifs is 1. The van der Waals surface area contributed by atoms with Crippen LogP contribution in [0.1, 0.15) is 12.0 Å². The van der Waals surface area contributed by atoms with Crippen LogP contribution in [-0.4, -0.2) is 22.3 Å². The molecule has 1 aromatic carbocycles. The standard InChI is InChI=1S/C9H8O2.CH2O3/c10-9-6-5-7-3-1-2-4-8(7)11-9;2-1(3)4/h1-4H,5-6H2;(H2,2,3,4). The van der Waals surface area contributed by atoms with Crippen LogP contribution in [0.5, 0.6) is 5.75 Å². The predicted octanol–water partition coefficient (Wildman–Crippen LogP) is 1.76. The molecule has 5 heteroatoms. The maximum Gasteiger partial charge on any atom is 0.503 e. The van der Waals surface area contributed by atoms with E-state index in [-0.39, 0.29) is 5.97 Å². The fraction of sp³-hybridized carbons (Fsp3) is 0.200. The molecule has 0 unspecified atom stereocenters. The van der Waals surface area contributed by atoms with Crippen LogP contribution in [0.4, 0.5) is 4.79 Å². The van der Waals surface area contributed by atoms with Crippen LogP contribution in [0.3, 0.4) is 0 Å². The first kappa shape index (κ1) is 11.0. The second-order valence-electron chi connectivity index (χ2n) is 2.86. The summed E-state index contributed by atoms with van der Waals surface area (Å²) in [7, 11) is 0. The fourth-order valence-corrected chi connectivity index (χ4v) is 1.22. The van der Waals surface area contributed by atoms with Gasteiger partial charge in [0.05, 0.1) is 6.42 Å². The molecule has 0 spiro atoms. The molecule has 0 radical (unpaired) electrons. The summed E-state index contributed by atoms with van der Waals surface area (Å²) in [6, 6.07) is 7.64. The van der Waals surface area contributed by atoms with E-state index in [1.54, 1.807) is 0 Å². The largest absolute Gasteiger partial charge is 0.503 e. The van der Waals surface area contributed by atoms with Crippen molar-refractivity contribution in [1.29, 1.82) is 0 Å². The van der Waals surface area contributed by atoms with Crippen LogP contribution in [0.25, 0.3) is 0 Å². The third kappa shape index (κ3) is 3.68. The Morgan fingerprint density at radius 1 is 1.20 bits per heavy atom. The number of ether oxygens (including phenoxy) is 1. The van der Waals surface area contributed by atoms with E-state index in [2.05, 4.69) is 0 Å². The molecular weight excluding hydrogens is 200 g/mol. The molecule has 5 nitrogen and oxygen atoms in total. The van der Waals surface area contributed by atoms with Crippen LogP contribution in [0.15, 0.2) is 24.3 Å². The third-order valence-electron chi connectivity index (χ3n) is 1.79. The first-order valence-corrected chi connectivity index (χ1v) is 4.30. The van der Waals surface area contributed by atoms with Gasteiger partial charge in [-0.25, -0.2) is 4.79 Å². The number of rotatable bonds is 0. The average molecular weight is 210 g/mol. The average Bonchev–Trinajstić information content (AvgIpc) is 2.16. The van der Waals surface area contributed by atoms with Gasteiger partial charge in [0.15, 0.2) is 0 Å². The molecule has 2 rings (SSSR count). The van der Waals surface area contributed by atoms with Gasteiger partial charge in [0.1, 0.15) is 5.75 Å². The minimum atomic E-state index is -1.83. The van der Waals surface area contributed by atoms with Crippen molar-refractivity contribution in [2.75, 3.05) is 0 Å². The van der Waals surface area contributed by atoms with Crippen molar-refractivity contribution < 1.29 is 24.5 Å². The van der Waals surface area contributed by atoms with Crippen LogP contribution in [0, 0.1) is 0 Å². The van der Waals surface area contributed by atoms with Crippen molar-refractivity contribution in [3.05, 3.63) is 29.8 Å². The molecule has 0 fully saturated rings. The number of hydrogen-bond donors (Lipinski definition) is 2. The Bertz CT molecular complexity index is 368. The summed E-state index contributed by atoms with van der Waals surface area (Å²) in [6.45, 7) is 0.